The molecule has 0 aliphatic heterocycles. The van der Waals surface area contributed by atoms with Gasteiger partial charge in [0.2, 0.25) is 0 Å². The number of hydrogen-bond donors (Lipinski definition) is 1. The molecule has 0 saturated heterocycles. The molecule has 0 atom stereocenters. The molecule has 0 bridgehead atoms. The van der Waals surface area contributed by atoms with E-state index in [-0.39, 0.29) is 0 Å². The minimum absolute atomic E-state index is 0.524. The fourth-order valence-electron chi connectivity index (χ4n) is 1.23. The first kappa shape index (κ1) is 12.3. The van der Waals surface area contributed by atoms with E-state index in [0.29, 0.717) is 6.54 Å². The Hall–Kier alpha value is -1.80. The van der Waals surface area contributed by atoms with E-state index in [1.807, 2.05) is 49.4 Å². The Morgan fingerprint density at radius 3 is 2.94 bits per heavy atom. The summed E-state index contributed by atoms with van der Waals surface area (Å²) in [5.74, 6) is 1.64. The summed E-state index contributed by atoms with van der Waals surface area (Å²) >= 11 is 0. The Labute approximate surface area is 96.7 Å². The van der Waals surface area contributed by atoms with Gasteiger partial charge in [0.1, 0.15) is 11.5 Å². The zero-order chi connectivity index (χ0) is 11.8. The number of nitrogens with two attached hydrogens (primary N) is 1. The molecule has 0 amide bonds. The molecule has 0 unspecified atom stereocenters. The zero-order valence-electron chi connectivity index (χ0n) is 9.52. The van der Waals surface area contributed by atoms with Gasteiger partial charge in [-0.1, -0.05) is 36.9 Å². The number of hydrogen-bond acceptors (Lipinski definition) is 2. The molecule has 1 aromatic rings. The van der Waals surface area contributed by atoms with Crippen molar-refractivity contribution >= 4 is 0 Å². The molecule has 0 fully saturated rings. The molecule has 1 aromatic carbocycles. The third kappa shape index (κ3) is 4.15. The topological polar surface area (TPSA) is 35.2 Å². The minimum Gasteiger partial charge on any atom is -0.462 e. The summed E-state index contributed by atoms with van der Waals surface area (Å²) in [6.45, 7) is 6.02. The summed E-state index contributed by atoms with van der Waals surface area (Å²) in [7, 11) is 0. The summed E-state index contributed by atoms with van der Waals surface area (Å²) in [4.78, 5) is 0. The highest BCUT2D eigenvalue weighted by molar-refractivity contribution is 5.30. The summed E-state index contributed by atoms with van der Waals surface area (Å²) in [6.07, 6.45) is 7.34. The van der Waals surface area contributed by atoms with Crippen molar-refractivity contribution in [3.8, 4) is 5.75 Å². The van der Waals surface area contributed by atoms with E-state index in [0.717, 1.165) is 17.1 Å². The van der Waals surface area contributed by atoms with Crippen molar-refractivity contribution in [1.82, 2.24) is 0 Å². The van der Waals surface area contributed by atoms with E-state index in [4.69, 9.17) is 10.5 Å². The van der Waals surface area contributed by atoms with Gasteiger partial charge in [0, 0.05) is 6.54 Å². The predicted molar refractivity (Wildman–Crippen MR) is 68.1 cm³/mol. The van der Waals surface area contributed by atoms with Crippen molar-refractivity contribution in [3.63, 3.8) is 0 Å². The SMILES string of the molecule is C=C/C=C\C=C(/C)Oc1cccc(CN)c1. The molecule has 0 saturated carbocycles. The Morgan fingerprint density at radius 2 is 2.25 bits per heavy atom. The molecule has 2 nitrogen and oxygen atoms in total. The van der Waals surface area contributed by atoms with Crippen molar-refractivity contribution in [3.05, 3.63) is 66.5 Å². The van der Waals surface area contributed by atoms with Crippen LogP contribution in [0.5, 0.6) is 5.75 Å². The van der Waals surface area contributed by atoms with Gasteiger partial charge in [-0.15, -0.1) is 0 Å². The molecule has 0 radical (unpaired) electrons. The summed E-state index contributed by atoms with van der Waals surface area (Å²) in [5.41, 5.74) is 6.62. The number of allylic oxidation sites excluding steroid dienone is 5. The lowest BCUT2D eigenvalue weighted by Crippen LogP contribution is -1.97. The van der Waals surface area contributed by atoms with Gasteiger partial charge in [0.15, 0.2) is 0 Å². The highest BCUT2D eigenvalue weighted by atomic mass is 16.5. The highest BCUT2D eigenvalue weighted by Crippen LogP contribution is 2.15. The number of rotatable bonds is 5. The van der Waals surface area contributed by atoms with Crippen LogP contribution in [0.2, 0.25) is 0 Å². The van der Waals surface area contributed by atoms with Gasteiger partial charge in [-0.2, -0.15) is 0 Å². The second-order valence-electron chi connectivity index (χ2n) is 3.35. The van der Waals surface area contributed by atoms with Gasteiger partial charge in [0.25, 0.3) is 0 Å². The third-order valence-corrected chi connectivity index (χ3v) is 1.99. The van der Waals surface area contributed by atoms with Crippen LogP contribution in [0.3, 0.4) is 0 Å². The van der Waals surface area contributed by atoms with Crippen molar-refractivity contribution in [1.29, 1.82) is 0 Å². The van der Waals surface area contributed by atoms with Crippen molar-refractivity contribution in [2.24, 2.45) is 5.73 Å². The smallest absolute Gasteiger partial charge is 0.127 e. The lowest BCUT2D eigenvalue weighted by atomic mass is 10.2. The third-order valence-electron chi connectivity index (χ3n) is 1.99. The van der Waals surface area contributed by atoms with Crippen LogP contribution >= 0.6 is 0 Å². The van der Waals surface area contributed by atoms with Gasteiger partial charge in [-0.3, -0.25) is 0 Å². The van der Waals surface area contributed by atoms with Crippen LogP contribution in [0.1, 0.15) is 12.5 Å². The molecule has 16 heavy (non-hydrogen) atoms. The first-order chi connectivity index (χ1) is 7.76. The lowest BCUT2D eigenvalue weighted by molar-refractivity contribution is 0.427. The van der Waals surface area contributed by atoms with Crippen LogP contribution in [0.4, 0.5) is 0 Å². The van der Waals surface area contributed by atoms with Crippen LogP contribution in [-0.2, 0) is 6.54 Å². The number of ether oxygens (including phenoxy) is 1. The second-order valence-corrected chi connectivity index (χ2v) is 3.35. The van der Waals surface area contributed by atoms with E-state index in [9.17, 15) is 0 Å². The first-order valence-electron chi connectivity index (χ1n) is 5.19. The molecule has 0 spiro atoms. The first-order valence-corrected chi connectivity index (χ1v) is 5.19. The largest absolute Gasteiger partial charge is 0.462 e. The molecular weight excluding hydrogens is 198 g/mol. The van der Waals surface area contributed by atoms with Crippen LogP contribution < -0.4 is 10.5 Å². The summed E-state index contributed by atoms with van der Waals surface area (Å²) in [5, 5.41) is 0. The van der Waals surface area contributed by atoms with Crippen LogP contribution in [0.15, 0.2) is 60.9 Å². The maximum absolute atomic E-state index is 5.62. The van der Waals surface area contributed by atoms with Crippen LogP contribution in [-0.4, -0.2) is 0 Å². The molecular formula is C14H17NO. The molecule has 1 rings (SSSR count). The van der Waals surface area contributed by atoms with E-state index < -0.39 is 0 Å². The normalized spacial score (nSPS) is 11.8. The maximum atomic E-state index is 5.62. The maximum Gasteiger partial charge on any atom is 0.127 e. The van der Waals surface area contributed by atoms with Gasteiger partial charge in [0.05, 0.1) is 0 Å². The number of benzene rings is 1. The van der Waals surface area contributed by atoms with Gasteiger partial charge >= 0.3 is 0 Å². The summed E-state index contributed by atoms with van der Waals surface area (Å²) < 4.78 is 5.62. The molecule has 0 aliphatic carbocycles. The minimum atomic E-state index is 0.524. The molecule has 2 heteroatoms. The van der Waals surface area contributed by atoms with Crippen molar-refractivity contribution in [2.45, 2.75) is 13.5 Å². The molecule has 0 aromatic heterocycles. The Kier molecular flexibility index (Phi) is 5.09. The van der Waals surface area contributed by atoms with Gasteiger partial charge in [-0.25, -0.2) is 0 Å². The monoisotopic (exact) mass is 215 g/mol. The van der Waals surface area contributed by atoms with E-state index >= 15 is 0 Å². The molecule has 0 aliphatic rings. The van der Waals surface area contributed by atoms with Crippen LogP contribution in [0.25, 0.3) is 0 Å². The van der Waals surface area contributed by atoms with Gasteiger partial charge < -0.3 is 10.5 Å². The van der Waals surface area contributed by atoms with Crippen molar-refractivity contribution in [2.75, 3.05) is 0 Å². The average Bonchev–Trinajstić information content (AvgIpc) is 2.29. The highest BCUT2D eigenvalue weighted by Gasteiger charge is 1.96. The zero-order valence-corrected chi connectivity index (χ0v) is 9.52. The standard InChI is InChI=1S/C14H17NO/c1-3-4-5-7-12(2)16-14-9-6-8-13(10-14)11-15/h3-10H,1,11,15H2,2H3/b5-4-,12-7+. The van der Waals surface area contributed by atoms with E-state index in [1.54, 1.807) is 6.08 Å². The van der Waals surface area contributed by atoms with E-state index in [2.05, 4.69) is 6.58 Å². The van der Waals surface area contributed by atoms with E-state index in [1.165, 1.54) is 0 Å². The Morgan fingerprint density at radius 1 is 1.44 bits per heavy atom. The molecule has 84 valence electrons. The Bertz CT molecular complexity index is 405. The quantitative estimate of drug-likeness (QED) is 0.605. The Balaban J connectivity index is 2.68. The fourth-order valence-corrected chi connectivity index (χ4v) is 1.23. The van der Waals surface area contributed by atoms with Crippen molar-refractivity contribution < 1.29 is 4.74 Å². The second kappa shape index (κ2) is 6.64. The average molecular weight is 215 g/mol. The molecule has 0 heterocycles. The fraction of sp³-hybridized carbons (Fsp3) is 0.143. The molecule has 2 N–H and O–H groups in total. The lowest BCUT2D eigenvalue weighted by Gasteiger charge is -2.06. The van der Waals surface area contributed by atoms with Gasteiger partial charge in [-0.05, 0) is 30.7 Å². The summed E-state index contributed by atoms with van der Waals surface area (Å²) in [6, 6.07) is 7.76. The predicted octanol–water partition coefficient (Wildman–Crippen LogP) is 3.17. The van der Waals surface area contributed by atoms with Crippen LogP contribution in [0, 0.1) is 0 Å².